The summed E-state index contributed by atoms with van der Waals surface area (Å²) < 4.78 is 9.06. The van der Waals surface area contributed by atoms with Gasteiger partial charge in [0.2, 0.25) is 0 Å². The third kappa shape index (κ3) is 4.92. The fourth-order valence-electron chi connectivity index (χ4n) is 9.10. The summed E-state index contributed by atoms with van der Waals surface area (Å²) in [6.45, 7) is 0. The first kappa shape index (κ1) is 31.7. The zero-order valence-corrected chi connectivity index (χ0v) is 30.9. The molecule has 12 aromatic rings. The van der Waals surface area contributed by atoms with Crippen LogP contribution in [0.1, 0.15) is 0 Å². The van der Waals surface area contributed by atoms with Crippen LogP contribution in [0.5, 0.6) is 0 Å². The molecule has 0 aliphatic carbocycles. The second-order valence-electron chi connectivity index (χ2n) is 14.9. The summed E-state index contributed by atoms with van der Waals surface area (Å²) in [5, 5.41) is 11.9. The maximum absolute atomic E-state index is 6.69. The van der Waals surface area contributed by atoms with Gasteiger partial charge in [0.15, 0.2) is 0 Å². The van der Waals surface area contributed by atoms with Crippen LogP contribution in [-0.2, 0) is 0 Å². The van der Waals surface area contributed by atoms with E-state index in [0.29, 0.717) is 0 Å². The average molecular weight is 727 g/mol. The number of para-hydroxylation sites is 2. The summed E-state index contributed by atoms with van der Waals surface area (Å²) in [5.74, 6) is 0. The molecule has 266 valence electrons. The lowest BCUT2D eigenvalue weighted by molar-refractivity contribution is 0.672. The Balaban J connectivity index is 1.04. The minimum atomic E-state index is 0.871. The Morgan fingerprint density at radius 3 is 1.86 bits per heavy atom. The molecule has 0 atom stereocenters. The van der Waals surface area contributed by atoms with Crippen molar-refractivity contribution in [3.05, 3.63) is 206 Å². The molecule has 0 unspecified atom stereocenters. The highest BCUT2D eigenvalue weighted by atomic mass is 16.3. The van der Waals surface area contributed by atoms with Gasteiger partial charge >= 0.3 is 0 Å². The third-order valence-corrected chi connectivity index (χ3v) is 11.7. The van der Waals surface area contributed by atoms with Gasteiger partial charge in [-0.2, -0.15) is 0 Å². The van der Waals surface area contributed by atoms with Crippen molar-refractivity contribution in [1.29, 1.82) is 0 Å². The second kappa shape index (κ2) is 12.5. The molecule has 57 heavy (non-hydrogen) atoms. The fourth-order valence-corrected chi connectivity index (χ4v) is 9.10. The van der Waals surface area contributed by atoms with Crippen molar-refractivity contribution < 1.29 is 4.42 Å². The summed E-state index contributed by atoms with van der Waals surface area (Å²) in [5.41, 5.74) is 10.9. The van der Waals surface area contributed by atoms with Crippen molar-refractivity contribution in [1.82, 2.24) is 4.57 Å². The molecule has 10 aromatic carbocycles. The van der Waals surface area contributed by atoms with Gasteiger partial charge in [0.1, 0.15) is 11.2 Å². The minimum Gasteiger partial charge on any atom is -0.455 e. The van der Waals surface area contributed by atoms with Gasteiger partial charge in [-0.15, -0.1) is 0 Å². The van der Waals surface area contributed by atoms with Crippen molar-refractivity contribution in [2.75, 3.05) is 4.90 Å². The predicted octanol–water partition coefficient (Wildman–Crippen LogP) is 15.3. The molecular formula is C54H34N2O. The SMILES string of the molecule is c1ccc(-n2c3ccccc3c3cc(-c4ccc(N(c5ccc6c(ccc7ccccc76)c5)c5cccc6oc7c8ccccc8ccc7c56)cc4)ccc32)cc1. The van der Waals surface area contributed by atoms with Crippen LogP contribution in [0.4, 0.5) is 17.1 Å². The summed E-state index contributed by atoms with van der Waals surface area (Å²) >= 11 is 0. The number of aromatic nitrogens is 1. The van der Waals surface area contributed by atoms with E-state index in [2.05, 4.69) is 216 Å². The van der Waals surface area contributed by atoms with E-state index in [4.69, 9.17) is 4.42 Å². The molecule has 0 fully saturated rings. The zero-order valence-electron chi connectivity index (χ0n) is 30.9. The Hall–Kier alpha value is -7.62. The second-order valence-corrected chi connectivity index (χ2v) is 14.9. The Morgan fingerprint density at radius 2 is 1.00 bits per heavy atom. The van der Waals surface area contributed by atoms with Crippen LogP contribution < -0.4 is 4.90 Å². The van der Waals surface area contributed by atoms with E-state index < -0.39 is 0 Å². The van der Waals surface area contributed by atoms with Crippen LogP contribution in [0.3, 0.4) is 0 Å². The number of anilines is 3. The normalized spacial score (nSPS) is 11.9. The maximum Gasteiger partial charge on any atom is 0.143 e. The maximum atomic E-state index is 6.69. The van der Waals surface area contributed by atoms with Crippen LogP contribution in [0.15, 0.2) is 211 Å². The molecule has 0 aliphatic heterocycles. The molecule has 0 N–H and O–H groups in total. The topological polar surface area (TPSA) is 21.3 Å². The summed E-state index contributed by atoms with van der Waals surface area (Å²) in [6.07, 6.45) is 0. The molecule has 0 bridgehead atoms. The number of hydrogen-bond acceptors (Lipinski definition) is 2. The van der Waals surface area contributed by atoms with Crippen molar-refractivity contribution in [3.8, 4) is 16.8 Å². The third-order valence-electron chi connectivity index (χ3n) is 11.7. The van der Waals surface area contributed by atoms with E-state index in [1.807, 2.05) is 0 Å². The predicted molar refractivity (Wildman–Crippen MR) is 241 cm³/mol. The Bertz CT molecular complexity index is 3520. The summed E-state index contributed by atoms with van der Waals surface area (Å²) in [6, 6.07) is 74.5. The van der Waals surface area contributed by atoms with Gasteiger partial charge < -0.3 is 13.9 Å². The van der Waals surface area contributed by atoms with Crippen molar-refractivity contribution in [2.45, 2.75) is 0 Å². The van der Waals surface area contributed by atoms with E-state index >= 15 is 0 Å². The molecule has 0 spiro atoms. The lowest BCUT2D eigenvalue weighted by Gasteiger charge is -2.27. The molecule has 12 rings (SSSR count). The summed E-state index contributed by atoms with van der Waals surface area (Å²) in [7, 11) is 0. The first-order valence-electron chi connectivity index (χ1n) is 19.5. The number of rotatable bonds is 5. The van der Waals surface area contributed by atoms with E-state index in [1.54, 1.807) is 0 Å². The number of furan rings is 1. The van der Waals surface area contributed by atoms with Gasteiger partial charge in [0.25, 0.3) is 0 Å². The molecule has 3 heteroatoms. The standard InChI is InChI=1S/C54H34N2O/c1-2-13-40(14-3-1)56-49-18-9-8-17-46(49)48-34-38(26-32-50(48)56)35-23-27-41(28-24-35)55(42-29-31-44-39(33-42)22-21-36-11-4-6-15-43(36)44)51-19-10-20-52-53(51)47-30-25-37-12-5-7-16-45(37)54(47)57-52/h1-34H. The van der Waals surface area contributed by atoms with Crippen LogP contribution >= 0.6 is 0 Å². The Labute approximate surface area is 328 Å². The monoisotopic (exact) mass is 726 g/mol. The lowest BCUT2D eigenvalue weighted by Crippen LogP contribution is -2.10. The molecule has 0 aliphatic rings. The average Bonchev–Trinajstić information content (AvgIpc) is 3.83. The first-order chi connectivity index (χ1) is 28.3. The molecule has 2 heterocycles. The molecular weight excluding hydrogens is 693 g/mol. The quantitative estimate of drug-likeness (QED) is 0.165. The number of nitrogens with zero attached hydrogens (tertiary/aromatic N) is 2. The smallest absolute Gasteiger partial charge is 0.143 e. The van der Waals surface area contributed by atoms with Gasteiger partial charge in [-0.05, 0) is 111 Å². The molecule has 0 radical (unpaired) electrons. The van der Waals surface area contributed by atoms with Crippen molar-refractivity contribution in [2.24, 2.45) is 0 Å². The van der Waals surface area contributed by atoms with Gasteiger partial charge in [-0.3, -0.25) is 0 Å². The molecule has 3 nitrogen and oxygen atoms in total. The first-order valence-corrected chi connectivity index (χ1v) is 19.5. The number of benzene rings is 10. The molecule has 2 aromatic heterocycles. The fraction of sp³-hybridized carbons (Fsp3) is 0. The molecule has 0 amide bonds. The highest BCUT2D eigenvalue weighted by Crippen LogP contribution is 2.45. The van der Waals surface area contributed by atoms with E-state index in [0.717, 1.165) is 50.1 Å². The van der Waals surface area contributed by atoms with E-state index in [1.165, 1.54) is 59.9 Å². The van der Waals surface area contributed by atoms with Crippen molar-refractivity contribution in [3.63, 3.8) is 0 Å². The minimum absolute atomic E-state index is 0.871. The van der Waals surface area contributed by atoms with Crippen LogP contribution in [0.2, 0.25) is 0 Å². The number of hydrogen-bond donors (Lipinski definition) is 0. The largest absolute Gasteiger partial charge is 0.455 e. The van der Waals surface area contributed by atoms with E-state index in [-0.39, 0.29) is 0 Å². The number of fused-ring (bicyclic) bond motifs is 11. The lowest BCUT2D eigenvalue weighted by atomic mass is 10.00. The van der Waals surface area contributed by atoms with Crippen LogP contribution in [0, 0.1) is 0 Å². The Morgan fingerprint density at radius 1 is 0.368 bits per heavy atom. The zero-order chi connectivity index (χ0) is 37.5. The van der Waals surface area contributed by atoms with Crippen LogP contribution in [-0.4, -0.2) is 4.57 Å². The van der Waals surface area contributed by atoms with Gasteiger partial charge in [0.05, 0.1) is 22.1 Å². The Kier molecular flexibility index (Phi) is 6.93. The van der Waals surface area contributed by atoms with Crippen molar-refractivity contribution >= 4 is 93.1 Å². The highest BCUT2D eigenvalue weighted by Gasteiger charge is 2.21. The van der Waals surface area contributed by atoms with Gasteiger partial charge in [0, 0.05) is 38.6 Å². The van der Waals surface area contributed by atoms with Gasteiger partial charge in [-0.1, -0.05) is 133 Å². The summed E-state index contributed by atoms with van der Waals surface area (Å²) in [4.78, 5) is 2.39. The van der Waals surface area contributed by atoms with Gasteiger partial charge in [-0.25, -0.2) is 0 Å². The molecule has 0 saturated heterocycles. The highest BCUT2D eigenvalue weighted by molar-refractivity contribution is 6.20. The molecule has 0 saturated carbocycles. The van der Waals surface area contributed by atoms with Crippen LogP contribution in [0.25, 0.3) is 92.9 Å². The van der Waals surface area contributed by atoms with E-state index in [9.17, 15) is 0 Å².